The fraction of sp³-hybridized carbons (Fsp3) is 0.653. The van der Waals surface area contributed by atoms with E-state index in [4.69, 9.17) is 18.6 Å². The number of likely N-dealkylation sites (tertiary alicyclic amines) is 2. The zero-order valence-electron chi connectivity index (χ0n) is 39.0. The number of hydrogen-bond acceptors (Lipinski definition) is 12. The summed E-state index contributed by atoms with van der Waals surface area (Å²) in [6, 6.07) is 11.4. The van der Waals surface area contributed by atoms with E-state index in [2.05, 4.69) is 26.9 Å². The van der Waals surface area contributed by atoms with E-state index in [-0.39, 0.29) is 37.8 Å². The van der Waals surface area contributed by atoms with Gasteiger partial charge in [-0.2, -0.15) is 0 Å². The van der Waals surface area contributed by atoms with Gasteiger partial charge < -0.3 is 48.4 Å². The summed E-state index contributed by atoms with van der Waals surface area (Å²) >= 11 is 0. The lowest BCUT2D eigenvalue weighted by Gasteiger charge is -2.38. The topological polar surface area (TPSA) is 163 Å². The largest absolute Gasteiger partial charge is 0.466 e. The number of piperidine rings is 2. The molecule has 3 aromatic rings. The summed E-state index contributed by atoms with van der Waals surface area (Å²) in [7, 11) is 3.67. The zero-order valence-corrected chi connectivity index (χ0v) is 39.0. The van der Waals surface area contributed by atoms with Crippen molar-refractivity contribution in [2.24, 2.45) is 13.0 Å². The number of oxazole rings is 1. The molecule has 1 aromatic heterocycles. The van der Waals surface area contributed by atoms with Crippen molar-refractivity contribution in [3.8, 4) is 0 Å². The van der Waals surface area contributed by atoms with E-state index < -0.39 is 18.0 Å². The van der Waals surface area contributed by atoms with Crippen molar-refractivity contribution >= 4 is 40.8 Å². The summed E-state index contributed by atoms with van der Waals surface area (Å²) in [4.78, 5) is 76.3. The maximum Gasteiger partial charge on any atom is 0.419 e. The van der Waals surface area contributed by atoms with Crippen LogP contribution in [0.2, 0.25) is 0 Å². The van der Waals surface area contributed by atoms with E-state index in [1.165, 1.54) is 17.4 Å². The molecular weight excluding hydrogens is 845 g/mol. The summed E-state index contributed by atoms with van der Waals surface area (Å²) < 4.78 is 23.5. The molecule has 0 saturated carbocycles. The fourth-order valence-corrected chi connectivity index (χ4v) is 9.52. The number of likely N-dealkylation sites (N-methyl/N-ethyl adjacent to an activating group) is 1. The highest BCUT2D eigenvalue weighted by Gasteiger charge is 2.35. The number of fused-ring (bicyclic) bond motifs is 2. The Hall–Kier alpha value is -4.97. The first-order valence-electron chi connectivity index (χ1n) is 23.8. The van der Waals surface area contributed by atoms with Crippen LogP contribution in [0.15, 0.2) is 45.6 Å². The number of amides is 4. The number of aromatic nitrogens is 1. The van der Waals surface area contributed by atoms with Crippen molar-refractivity contribution in [2.75, 3.05) is 117 Å². The van der Waals surface area contributed by atoms with Crippen molar-refractivity contribution in [3.05, 3.63) is 63.6 Å². The van der Waals surface area contributed by atoms with Crippen LogP contribution in [0.25, 0.3) is 11.1 Å². The van der Waals surface area contributed by atoms with E-state index in [1.807, 2.05) is 49.2 Å². The summed E-state index contributed by atoms with van der Waals surface area (Å²) in [5, 5.41) is 3.03. The van der Waals surface area contributed by atoms with Crippen LogP contribution in [0, 0.1) is 12.8 Å². The second-order valence-corrected chi connectivity index (χ2v) is 18.4. The summed E-state index contributed by atoms with van der Waals surface area (Å²) in [6.45, 7) is 16.6. The minimum atomic E-state index is -1.02. The monoisotopic (exact) mass is 919 g/mol. The molecule has 4 fully saturated rings. The summed E-state index contributed by atoms with van der Waals surface area (Å²) in [5.41, 5.74) is 4.68. The predicted molar refractivity (Wildman–Crippen MR) is 254 cm³/mol. The molecule has 5 aliphatic heterocycles. The van der Waals surface area contributed by atoms with Gasteiger partial charge in [0.05, 0.1) is 31.8 Å². The third-order valence-electron chi connectivity index (χ3n) is 13.7. The molecule has 1 N–H and O–H groups in total. The molecule has 6 heterocycles. The van der Waals surface area contributed by atoms with Gasteiger partial charge in [-0.15, -0.1) is 0 Å². The molecule has 66 heavy (non-hydrogen) atoms. The van der Waals surface area contributed by atoms with Gasteiger partial charge in [0.1, 0.15) is 0 Å². The first kappa shape index (κ1) is 50.4. The minimum Gasteiger partial charge on any atom is -0.466 e. The number of carbonyl (C=O) groups excluding carboxylic acids is 4. The Morgan fingerprint density at radius 2 is 1.53 bits per heavy atom. The van der Waals surface area contributed by atoms with Gasteiger partial charge in [0, 0.05) is 97.2 Å². The van der Waals surface area contributed by atoms with Gasteiger partial charge in [0.15, 0.2) is 11.7 Å². The van der Waals surface area contributed by atoms with Crippen molar-refractivity contribution in [1.29, 1.82) is 0 Å². The third kappa shape index (κ3) is 13.6. The van der Waals surface area contributed by atoms with Crippen molar-refractivity contribution in [1.82, 2.24) is 34.0 Å². The zero-order chi connectivity index (χ0) is 45.9. The number of aryl methyl sites for hydroxylation is 2. The number of morpholine rings is 1. The fourth-order valence-electron chi connectivity index (χ4n) is 9.52. The molecule has 0 spiro atoms. The highest BCUT2D eigenvalue weighted by atomic mass is 16.6. The number of carbonyl (C=O) groups is 4. The van der Waals surface area contributed by atoms with Gasteiger partial charge in [-0.3, -0.25) is 19.1 Å². The number of para-hydroxylation sites is 1. The normalized spacial score (nSPS) is 19.8. The molecule has 364 valence electrons. The lowest BCUT2D eigenvalue weighted by Crippen LogP contribution is -2.53. The Kier molecular flexibility index (Phi) is 18.5. The van der Waals surface area contributed by atoms with E-state index in [0.29, 0.717) is 69.7 Å². The quantitative estimate of drug-likeness (QED) is 0.195. The Labute approximate surface area is 390 Å². The maximum atomic E-state index is 13.7. The van der Waals surface area contributed by atoms with Crippen molar-refractivity contribution < 1.29 is 37.8 Å². The van der Waals surface area contributed by atoms with Gasteiger partial charge >= 0.3 is 23.8 Å². The number of piperazine rings is 1. The number of nitrogens with zero attached hydrogens (tertiary/aromatic N) is 7. The van der Waals surface area contributed by atoms with Gasteiger partial charge in [0.25, 0.3) is 5.91 Å². The first-order chi connectivity index (χ1) is 31.4. The van der Waals surface area contributed by atoms with Crippen LogP contribution >= 0.6 is 0 Å². The van der Waals surface area contributed by atoms with E-state index >= 15 is 0 Å². The molecule has 2 aromatic carbocycles. The number of benzene rings is 2. The van der Waals surface area contributed by atoms with E-state index in [0.717, 1.165) is 107 Å². The molecule has 0 unspecified atom stereocenters. The summed E-state index contributed by atoms with van der Waals surface area (Å²) in [6.07, 6.45) is 4.60. The van der Waals surface area contributed by atoms with Gasteiger partial charge in [-0.25, -0.2) is 14.4 Å². The molecule has 5 aliphatic rings. The second-order valence-electron chi connectivity index (χ2n) is 18.4. The highest BCUT2D eigenvalue weighted by molar-refractivity contribution is 5.91. The Bertz CT molecular complexity index is 2130. The van der Waals surface area contributed by atoms with E-state index in [9.17, 15) is 24.0 Å². The standard InChI is InChI=1S/C32H40N6O6.C16H30N2O3.CH4/c1-21-18-22(19-26-28(21)35(3)31(41)43-26)20-27(29(39)36-16-14-34(2)15-17-36)44-32(42)37-11-9-24(10-12-37)38-13-8-23-6-4-5-7-25(23)33-30(38)40;1-15-3-7-18(8-4-15)9-5-16(19)21-12-2-6-17-10-13-20-14-11-17;/h4-7,18-19,24,27H,8-17,20H2,1-3H3,(H,33,40);15H,2-14H2,1H3;1H4/t27-;;/m1../s1. The lowest BCUT2D eigenvalue weighted by molar-refractivity contribution is -0.144. The van der Waals surface area contributed by atoms with E-state index in [1.54, 1.807) is 22.9 Å². The molecule has 0 bridgehead atoms. The average molecular weight is 919 g/mol. The van der Waals surface area contributed by atoms with Crippen LogP contribution in [-0.4, -0.2) is 182 Å². The van der Waals surface area contributed by atoms with Crippen molar-refractivity contribution in [3.63, 3.8) is 0 Å². The number of rotatable bonds is 12. The minimum absolute atomic E-state index is 0. The second kappa shape index (κ2) is 24.2. The molecule has 4 amide bonds. The lowest BCUT2D eigenvalue weighted by atomic mass is 9.99. The van der Waals surface area contributed by atoms with Crippen molar-refractivity contribution in [2.45, 2.75) is 84.8 Å². The number of nitrogens with one attached hydrogen (secondary N) is 1. The molecule has 1 atom stereocenters. The molecule has 8 rings (SSSR count). The molecule has 17 heteroatoms. The number of urea groups is 1. The Morgan fingerprint density at radius 1 is 0.833 bits per heavy atom. The molecule has 4 saturated heterocycles. The summed E-state index contributed by atoms with van der Waals surface area (Å²) in [5.74, 6) is 0.112. The highest BCUT2D eigenvalue weighted by Crippen LogP contribution is 2.26. The molecule has 0 radical (unpaired) electrons. The van der Waals surface area contributed by atoms with Crippen LogP contribution in [0.3, 0.4) is 0 Å². The van der Waals surface area contributed by atoms with Crippen LogP contribution in [0.4, 0.5) is 15.3 Å². The van der Waals surface area contributed by atoms with Gasteiger partial charge in [-0.05, 0) is 100 Å². The van der Waals surface area contributed by atoms with Crippen LogP contribution < -0.4 is 11.1 Å². The average Bonchev–Trinajstić information content (AvgIpc) is 3.49. The SMILES string of the molecule is C.CC1CCN(CCC(=O)OCCCN2CCOCC2)CC1.Cc1cc(C[C@@H](OC(=O)N2CCC(N3CCc4ccccc4NC3=O)CC2)C(=O)N2CCN(C)CC2)cc2oc(=O)n(C)c12. The molecule has 17 nitrogen and oxygen atoms in total. The smallest absolute Gasteiger partial charge is 0.419 e. The Balaban J connectivity index is 0.000000275. The predicted octanol–water partition coefficient (Wildman–Crippen LogP) is 4.83. The third-order valence-corrected chi connectivity index (χ3v) is 13.7. The van der Waals surface area contributed by atoms with Gasteiger partial charge in [0.2, 0.25) is 0 Å². The maximum absolute atomic E-state index is 13.7. The number of ether oxygens (including phenoxy) is 3. The number of anilines is 1. The first-order valence-corrected chi connectivity index (χ1v) is 23.8. The molecule has 0 aliphatic carbocycles. The Morgan fingerprint density at radius 3 is 2.26 bits per heavy atom. The van der Waals surface area contributed by atoms with Crippen LogP contribution in [0.1, 0.15) is 69.6 Å². The number of hydrogen-bond donors (Lipinski definition) is 1. The van der Waals surface area contributed by atoms with Gasteiger partial charge in [-0.1, -0.05) is 38.6 Å². The van der Waals surface area contributed by atoms with Crippen LogP contribution in [-0.2, 0) is 43.7 Å². The number of esters is 1. The van der Waals surface area contributed by atoms with Crippen LogP contribution in [0.5, 0.6) is 0 Å². The molecular formula is C49H74N8O9.